The van der Waals surface area contributed by atoms with Gasteiger partial charge < -0.3 is 16.0 Å². The number of nitrogen functional groups attached to an aromatic ring is 1. The van der Waals surface area contributed by atoms with E-state index in [2.05, 4.69) is 26.3 Å². The summed E-state index contributed by atoms with van der Waals surface area (Å²) in [6.45, 7) is 5.49. The van der Waals surface area contributed by atoms with E-state index in [1.807, 2.05) is 6.07 Å². The minimum atomic E-state index is -0.120. The van der Waals surface area contributed by atoms with E-state index in [4.69, 9.17) is 5.73 Å². The molecule has 2 aromatic rings. The number of hydrogen-bond acceptors (Lipinski definition) is 5. The van der Waals surface area contributed by atoms with E-state index in [1.54, 1.807) is 6.20 Å². The Balaban J connectivity index is 1.49. The molecule has 1 aromatic carbocycles. The zero-order valence-corrected chi connectivity index (χ0v) is 16.5. The van der Waals surface area contributed by atoms with Crippen molar-refractivity contribution in [2.24, 2.45) is 0 Å². The maximum absolute atomic E-state index is 15.5. The summed E-state index contributed by atoms with van der Waals surface area (Å²) >= 11 is 0. The summed E-state index contributed by atoms with van der Waals surface area (Å²) < 4.78 is 15.5. The van der Waals surface area contributed by atoms with Gasteiger partial charge in [-0.25, -0.2) is 9.37 Å². The van der Waals surface area contributed by atoms with Gasteiger partial charge in [0.15, 0.2) is 0 Å². The lowest BCUT2D eigenvalue weighted by atomic mass is 9.77. The zero-order chi connectivity index (χ0) is 19.3. The second-order valence-corrected chi connectivity index (χ2v) is 8.00. The standard InChI is InChI=1S/C22H30FN5/c23-22-18(6-1-2-11-28-12-9-25-10-13-28)17(16-4-3-5-16)7-8-19(22)20-14-27-21(24)15-26-20/h7-8,14-16,25H,1-6,9-13H2,(H2,24,27). The van der Waals surface area contributed by atoms with Gasteiger partial charge in [0.05, 0.1) is 18.1 Å². The number of anilines is 1. The molecule has 2 heterocycles. The number of halogens is 1. The first-order valence-corrected chi connectivity index (χ1v) is 10.5. The van der Waals surface area contributed by atoms with E-state index in [9.17, 15) is 0 Å². The van der Waals surface area contributed by atoms with Crippen LogP contribution in [0.15, 0.2) is 24.5 Å². The SMILES string of the molecule is Nc1cnc(-c2ccc(C3CCC3)c(CCCCN3CCNCC3)c2F)cn1. The fraction of sp³-hybridized carbons (Fsp3) is 0.545. The Labute approximate surface area is 166 Å². The Morgan fingerprint density at radius 3 is 2.61 bits per heavy atom. The number of piperazine rings is 1. The maximum Gasteiger partial charge on any atom is 0.141 e. The van der Waals surface area contributed by atoms with Crippen molar-refractivity contribution in [1.29, 1.82) is 0 Å². The molecule has 150 valence electrons. The van der Waals surface area contributed by atoms with Crippen molar-refractivity contribution in [3.05, 3.63) is 41.5 Å². The van der Waals surface area contributed by atoms with E-state index in [-0.39, 0.29) is 5.82 Å². The van der Waals surface area contributed by atoms with Crippen molar-refractivity contribution >= 4 is 5.82 Å². The molecule has 0 spiro atoms. The summed E-state index contributed by atoms with van der Waals surface area (Å²) in [5.41, 5.74) is 8.81. The van der Waals surface area contributed by atoms with Gasteiger partial charge >= 0.3 is 0 Å². The van der Waals surface area contributed by atoms with Crippen LogP contribution in [0.25, 0.3) is 11.3 Å². The molecule has 6 heteroatoms. The van der Waals surface area contributed by atoms with Gasteiger partial charge in [-0.15, -0.1) is 0 Å². The van der Waals surface area contributed by atoms with Crippen molar-refractivity contribution in [2.75, 3.05) is 38.5 Å². The van der Waals surface area contributed by atoms with E-state index >= 15 is 4.39 Å². The van der Waals surface area contributed by atoms with Crippen LogP contribution in [0.5, 0.6) is 0 Å². The summed E-state index contributed by atoms with van der Waals surface area (Å²) in [6, 6.07) is 3.99. The number of nitrogens with two attached hydrogens (primary N) is 1. The lowest BCUT2D eigenvalue weighted by Gasteiger charge is -2.29. The first kappa shape index (κ1) is 19.3. The summed E-state index contributed by atoms with van der Waals surface area (Å²) in [5, 5.41) is 3.39. The van der Waals surface area contributed by atoms with Crippen LogP contribution >= 0.6 is 0 Å². The van der Waals surface area contributed by atoms with Crippen LogP contribution in [0.3, 0.4) is 0 Å². The smallest absolute Gasteiger partial charge is 0.141 e. The third-order valence-electron chi connectivity index (χ3n) is 6.13. The van der Waals surface area contributed by atoms with E-state index < -0.39 is 0 Å². The molecular weight excluding hydrogens is 353 g/mol. The minimum absolute atomic E-state index is 0.120. The lowest BCUT2D eigenvalue weighted by Crippen LogP contribution is -2.43. The number of aromatic nitrogens is 2. The molecule has 1 saturated heterocycles. The fourth-order valence-electron chi connectivity index (χ4n) is 4.24. The molecule has 1 aliphatic carbocycles. The number of rotatable bonds is 7. The average Bonchev–Trinajstić information content (AvgIpc) is 2.67. The van der Waals surface area contributed by atoms with Gasteiger partial charge in [0.1, 0.15) is 11.6 Å². The van der Waals surface area contributed by atoms with Gasteiger partial charge in [0.25, 0.3) is 0 Å². The molecule has 5 nitrogen and oxygen atoms in total. The molecule has 0 atom stereocenters. The largest absolute Gasteiger partial charge is 0.382 e. The predicted octanol–water partition coefficient (Wildman–Crippen LogP) is 3.36. The second kappa shape index (κ2) is 8.97. The van der Waals surface area contributed by atoms with Crippen LogP contribution in [-0.4, -0.2) is 47.6 Å². The number of nitrogens with zero attached hydrogens (tertiary/aromatic N) is 3. The summed E-state index contributed by atoms with van der Waals surface area (Å²) in [5.74, 6) is 0.748. The van der Waals surface area contributed by atoms with Gasteiger partial charge in [-0.2, -0.15) is 0 Å². The fourth-order valence-corrected chi connectivity index (χ4v) is 4.24. The highest BCUT2D eigenvalue weighted by molar-refractivity contribution is 5.62. The highest BCUT2D eigenvalue weighted by Gasteiger charge is 2.25. The summed E-state index contributed by atoms with van der Waals surface area (Å²) in [4.78, 5) is 10.9. The Hall–Kier alpha value is -2.05. The van der Waals surface area contributed by atoms with Gasteiger partial charge in [-0.05, 0) is 61.8 Å². The molecule has 2 fully saturated rings. The van der Waals surface area contributed by atoms with Crippen molar-refractivity contribution in [1.82, 2.24) is 20.2 Å². The average molecular weight is 384 g/mol. The number of hydrogen-bond donors (Lipinski definition) is 2. The normalized spacial score (nSPS) is 18.2. The van der Waals surface area contributed by atoms with Crippen LogP contribution in [0, 0.1) is 5.82 Å². The zero-order valence-electron chi connectivity index (χ0n) is 16.5. The maximum atomic E-state index is 15.5. The molecule has 0 amide bonds. The van der Waals surface area contributed by atoms with Crippen molar-refractivity contribution in [2.45, 2.75) is 44.4 Å². The molecule has 0 bridgehead atoms. The lowest BCUT2D eigenvalue weighted by molar-refractivity contribution is 0.236. The third kappa shape index (κ3) is 4.33. The van der Waals surface area contributed by atoms with Crippen LogP contribution in [-0.2, 0) is 6.42 Å². The monoisotopic (exact) mass is 383 g/mol. The highest BCUT2D eigenvalue weighted by atomic mass is 19.1. The molecular formula is C22H30FN5. The van der Waals surface area contributed by atoms with Crippen molar-refractivity contribution in [3.63, 3.8) is 0 Å². The molecule has 0 unspecified atom stereocenters. The van der Waals surface area contributed by atoms with Gasteiger partial charge in [0.2, 0.25) is 0 Å². The predicted molar refractivity (Wildman–Crippen MR) is 111 cm³/mol. The molecule has 1 aliphatic heterocycles. The molecule has 4 rings (SSSR count). The Bertz CT molecular complexity index is 782. The Morgan fingerprint density at radius 1 is 1.11 bits per heavy atom. The van der Waals surface area contributed by atoms with Gasteiger partial charge in [0, 0.05) is 31.7 Å². The molecule has 0 radical (unpaired) electrons. The van der Waals surface area contributed by atoms with E-state index in [0.717, 1.165) is 57.5 Å². The minimum Gasteiger partial charge on any atom is -0.382 e. The van der Waals surface area contributed by atoms with Crippen LogP contribution < -0.4 is 11.1 Å². The first-order chi connectivity index (χ1) is 13.7. The summed E-state index contributed by atoms with van der Waals surface area (Å²) in [6.07, 6.45) is 9.56. The number of benzene rings is 1. The molecule has 1 aromatic heterocycles. The van der Waals surface area contributed by atoms with E-state index in [0.29, 0.717) is 23.0 Å². The van der Waals surface area contributed by atoms with Gasteiger partial charge in [-0.1, -0.05) is 12.5 Å². The van der Waals surface area contributed by atoms with Crippen LogP contribution in [0.2, 0.25) is 0 Å². The van der Waals surface area contributed by atoms with Crippen molar-refractivity contribution in [3.8, 4) is 11.3 Å². The molecule has 3 N–H and O–H groups in total. The molecule has 2 aliphatic rings. The molecule has 1 saturated carbocycles. The number of unbranched alkanes of at least 4 members (excludes halogenated alkanes) is 1. The second-order valence-electron chi connectivity index (χ2n) is 8.00. The topological polar surface area (TPSA) is 67.1 Å². The first-order valence-electron chi connectivity index (χ1n) is 10.5. The number of nitrogens with one attached hydrogen (secondary N) is 1. The highest BCUT2D eigenvalue weighted by Crippen LogP contribution is 2.40. The Morgan fingerprint density at radius 2 is 1.93 bits per heavy atom. The quantitative estimate of drug-likeness (QED) is 0.718. The van der Waals surface area contributed by atoms with Crippen LogP contribution in [0.1, 0.15) is 49.1 Å². The van der Waals surface area contributed by atoms with E-state index in [1.165, 1.54) is 31.0 Å². The van der Waals surface area contributed by atoms with Gasteiger partial charge in [-0.3, -0.25) is 4.98 Å². The third-order valence-corrected chi connectivity index (χ3v) is 6.13. The van der Waals surface area contributed by atoms with Crippen LogP contribution in [0.4, 0.5) is 10.2 Å². The van der Waals surface area contributed by atoms with Crippen molar-refractivity contribution < 1.29 is 4.39 Å². The molecule has 28 heavy (non-hydrogen) atoms. The summed E-state index contributed by atoms with van der Waals surface area (Å²) in [7, 11) is 0. The Kier molecular flexibility index (Phi) is 6.17.